The summed E-state index contributed by atoms with van der Waals surface area (Å²) in [4.78, 5) is 22.8. The third kappa shape index (κ3) is 7.45. The number of aryl methyl sites for hydroxylation is 1. The van der Waals surface area contributed by atoms with E-state index < -0.39 is 0 Å². The van der Waals surface area contributed by atoms with Crippen molar-refractivity contribution in [1.82, 2.24) is 15.2 Å². The number of ether oxygens (including phenoxy) is 1. The number of thiazole rings is 1. The molecule has 0 saturated heterocycles. The van der Waals surface area contributed by atoms with Crippen molar-refractivity contribution in [3.05, 3.63) is 51.5 Å². The summed E-state index contributed by atoms with van der Waals surface area (Å²) in [6.45, 7) is 6.28. The molecule has 0 amide bonds. The highest BCUT2D eigenvalue weighted by atomic mass is 127. The number of aliphatic imine (C=N–C) groups is 1. The third-order valence-electron chi connectivity index (χ3n) is 3.80. The van der Waals surface area contributed by atoms with Crippen molar-refractivity contribution in [3.8, 4) is 0 Å². The first-order valence-corrected chi connectivity index (χ1v) is 9.49. The summed E-state index contributed by atoms with van der Waals surface area (Å²) in [6.07, 6.45) is 0.806. The van der Waals surface area contributed by atoms with Crippen LogP contribution in [0, 0.1) is 6.92 Å². The number of rotatable bonds is 7. The van der Waals surface area contributed by atoms with Gasteiger partial charge >= 0.3 is 5.97 Å². The van der Waals surface area contributed by atoms with Crippen LogP contribution in [0.5, 0.6) is 0 Å². The van der Waals surface area contributed by atoms with E-state index in [0.29, 0.717) is 12.1 Å². The Kier molecular flexibility index (Phi) is 10.3. The van der Waals surface area contributed by atoms with Gasteiger partial charge in [-0.15, -0.1) is 35.3 Å². The van der Waals surface area contributed by atoms with Crippen molar-refractivity contribution in [1.29, 1.82) is 0 Å². The Bertz CT molecular complexity index is 746. The number of nitrogens with one attached hydrogen (secondary N) is 1. The normalized spacial score (nSPS) is 10.9. The van der Waals surface area contributed by atoms with Gasteiger partial charge in [-0.2, -0.15) is 0 Å². The minimum absolute atomic E-state index is 0. The van der Waals surface area contributed by atoms with Gasteiger partial charge in [-0.1, -0.05) is 12.1 Å². The molecule has 0 spiro atoms. The molecule has 6 nitrogen and oxygen atoms in total. The number of aromatic nitrogens is 1. The molecule has 0 aliphatic carbocycles. The Balaban J connectivity index is 0.00000364. The Hall–Kier alpha value is -1.68. The predicted octanol–water partition coefficient (Wildman–Crippen LogP) is 3.50. The molecule has 1 aromatic carbocycles. The van der Waals surface area contributed by atoms with E-state index in [2.05, 4.69) is 27.5 Å². The standard InChI is InChI=1S/C19H26N4O2S.HI/c1-5-20-19(23(3)12-17-13-26-14(2)22-17)21-11-10-15-6-8-16(9-7-15)18(24)25-4;/h6-9,13H,5,10-12H2,1-4H3,(H,20,21);1H. The van der Waals surface area contributed by atoms with Crippen molar-refractivity contribution in [2.24, 2.45) is 4.99 Å². The Morgan fingerprint density at radius 1 is 1.33 bits per heavy atom. The number of nitrogens with zero attached hydrogens (tertiary/aromatic N) is 3. The van der Waals surface area contributed by atoms with Crippen LogP contribution < -0.4 is 5.32 Å². The van der Waals surface area contributed by atoms with E-state index in [1.807, 2.05) is 26.1 Å². The second-order valence-electron chi connectivity index (χ2n) is 5.89. The predicted molar refractivity (Wildman–Crippen MR) is 121 cm³/mol. The number of hydrogen-bond acceptors (Lipinski definition) is 5. The molecule has 0 bridgehead atoms. The number of hydrogen-bond donors (Lipinski definition) is 1. The second-order valence-corrected chi connectivity index (χ2v) is 6.95. The maximum atomic E-state index is 11.5. The highest BCUT2D eigenvalue weighted by molar-refractivity contribution is 14.0. The molecule has 0 unspecified atom stereocenters. The number of carbonyl (C=O) groups is 1. The van der Waals surface area contributed by atoms with E-state index in [-0.39, 0.29) is 29.9 Å². The minimum Gasteiger partial charge on any atom is -0.465 e. The SMILES string of the molecule is CCNC(=NCCc1ccc(C(=O)OC)cc1)N(C)Cc1csc(C)n1.I. The fourth-order valence-corrected chi connectivity index (χ4v) is 3.09. The lowest BCUT2D eigenvalue weighted by Crippen LogP contribution is -2.38. The molecule has 8 heteroatoms. The maximum Gasteiger partial charge on any atom is 0.337 e. The van der Waals surface area contributed by atoms with E-state index in [9.17, 15) is 4.79 Å². The van der Waals surface area contributed by atoms with E-state index >= 15 is 0 Å². The van der Waals surface area contributed by atoms with Crippen molar-refractivity contribution >= 4 is 47.2 Å². The summed E-state index contributed by atoms with van der Waals surface area (Å²) in [5.74, 6) is 0.548. The number of esters is 1. The van der Waals surface area contributed by atoms with E-state index in [0.717, 1.165) is 41.7 Å². The fourth-order valence-electron chi connectivity index (χ4n) is 2.48. The monoisotopic (exact) mass is 502 g/mol. The summed E-state index contributed by atoms with van der Waals surface area (Å²) < 4.78 is 4.71. The Morgan fingerprint density at radius 2 is 2.04 bits per heavy atom. The van der Waals surface area contributed by atoms with Gasteiger partial charge in [-0.3, -0.25) is 4.99 Å². The van der Waals surface area contributed by atoms with Crippen LogP contribution in [0.4, 0.5) is 0 Å². The van der Waals surface area contributed by atoms with Crippen molar-refractivity contribution in [2.45, 2.75) is 26.8 Å². The summed E-state index contributed by atoms with van der Waals surface area (Å²) >= 11 is 1.66. The number of guanidine groups is 1. The molecule has 1 N–H and O–H groups in total. The van der Waals surface area contributed by atoms with Gasteiger partial charge in [-0.05, 0) is 38.0 Å². The van der Waals surface area contributed by atoms with E-state index in [1.54, 1.807) is 23.5 Å². The Morgan fingerprint density at radius 3 is 2.59 bits per heavy atom. The molecule has 0 radical (unpaired) electrons. The molecule has 0 atom stereocenters. The molecule has 0 saturated carbocycles. The lowest BCUT2D eigenvalue weighted by Gasteiger charge is -2.21. The average molecular weight is 502 g/mol. The van der Waals surface area contributed by atoms with Crippen LogP contribution >= 0.6 is 35.3 Å². The second kappa shape index (κ2) is 11.9. The minimum atomic E-state index is -0.317. The molecule has 27 heavy (non-hydrogen) atoms. The summed E-state index contributed by atoms with van der Waals surface area (Å²) in [6, 6.07) is 7.45. The van der Waals surface area contributed by atoms with Crippen LogP contribution in [0.3, 0.4) is 0 Å². The molecule has 0 fully saturated rings. The van der Waals surface area contributed by atoms with Crippen LogP contribution in [-0.2, 0) is 17.7 Å². The summed E-state index contributed by atoms with van der Waals surface area (Å²) in [7, 11) is 3.40. The van der Waals surface area contributed by atoms with Gasteiger partial charge in [0.2, 0.25) is 0 Å². The highest BCUT2D eigenvalue weighted by Crippen LogP contribution is 2.10. The summed E-state index contributed by atoms with van der Waals surface area (Å²) in [5.41, 5.74) is 2.75. The Labute approximate surface area is 182 Å². The average Bonchev–Trinajstić information content (AvgIpc) is 3.05. The van der Waals surface area contributed by atoms with Gasteiger partial charge in [0, 0.05) is 25.5 Å². The van der Waals surface area contributed by atoms with Gasteiger partial charge in [-0.25, -0.2) is 9.78 Å². The van der Waals surface area contributed by atoms with Gasteiger partial charge < -0.3 is 15.0 Å². The van der Waals surface area contributed by atoms with E-state index in [4.69, 9.17) is 9.73 Å². The third-order valence-corrected chi connectivity index (χ3v) is 4.62. The molecular formula is C19H27IN4O2S. The van der Waals surface area contributed by atoms with Crippen molar-refractivity contribution < 1.29 is 9.53 Å². The lowest BCUT2D eigenvalue weighted by atomic mass is 10.1. The van der Waals surface area contributed by atoms with Crippen LogP contribution in [0.2, 0.25) is 0 Å². The van der Waals surface area contributed by atoms with Gasteiger partial charge in [0.1, 0.15) is 0 Å². The topological polar surface area (TPSA) is 66.8 Å². The summed E-state index contributed by atoms with van der Waals surface area (Å²) in [5, 5.41) is 6.47. The molecule has 148 valence electrons. The molecule has 1 heterocycles. The zero-order valence-corrected chi connectivity index (χ0v) is 19.3. The molecule has 2 aromatic rings. The first-order valence-electron chi connectivity index (χ1n) is 8.61. The van der Waals surface area contributed by atoms with Gasteiger partial charge in [0.25, 0.3) is 0 Å². The van der Waals surface area contributed by atoms with Crippen LogP contribution in [-0.4, -0.2) is 49.1 Å². The lowest BCUT2D eigenvalue weighted by molar-refractivity contribution is 0.0600. The van der Waals surface area contributed by atoms with Crippen LogP contribution in [0.1, 0.15) is 33.5 Å². The van der Waals surface area contributed by atoms with E-state index in [1.165, 1.54) is 7.11 Å². The first kappa shape index (κ1) is 23.4. The quantitative estimate of drug-likeness (QED) is 0.272. The molecule has 0 aliphatic heterocycles. The largest absolute Gasteiger partial charge is 0.465 e. The molecule has 0 aliphatic rings. The highest BCUT2D eigenvalue weighted by Gasteiger charge is 2.09. The number of halogens is 1. The van der Waals surface area contributed by atoms with Crippen LogP contribution in [0.15, 0.2) is 34.6 Å². The van der Waals surface area contributed by atoms with Gasteiger partial charge in [0.05, 0.1) is 29.9 Å². The zero-order chi connectivity index (χ0) is 18.9. The molecule has 2 rings (SSSR count). The first-order chi connectivity index (χ1) is 12.5. The van der Waals surface area contributed by atoms with Crippen molar-refractivity contribution in [3.63, 3.8) is 0 Å². The number of carbonyl (C=O) groups excluding carboxylic acids is 1. The molecular weight excluding hydrogens is 475 g/mol. The smallest absolute Gasteiger partial charge is 0.337 e. The fraction of sp³-hybridized carbons (Fsp3) is 0.421. The zero-order valence-electron chi connectivity index (χ0n) is 16.2. The number of methoxy groups -OCH3 is 1. The maximum absolute atomic E-state index is 11.5. The molecule has 1 aromatic heterocycles. The van der Waals surface area contributed by atoms with Crippen LogP contribution in [0.25, 0.3) is 0 Å². The van der Waals surface area contributed by atoms with Gasteiger partial charge in [0.15, 0.2) is 5.96 Å². The number of benzene rings is 1. The van der Waals surface area contributed by atoms with Crippen molar-refractivity contribution in [2.75, 3.05) is 27.2 Å².